The summed E-state index contributed by atoms with van der Waals surface area (Å²) in [5.74, 6) is 0.214. The minimum atomic E-state index is 0.0357. The van der Waals surface area contributed by atoms with Crippen molar-refractivity contribution >= 4 is 16.5 Å². The van der Waals surface area contributed by atoms with Crippen LogP contribution >= 0.6 is 0 Å². The molecule has 0 radical (unpaired) electrons. The van der Waals surface area contributed by atoms with E-state index in [4.69, 9.17) is 4.43 Å². The van der Waals surface area contributed by atoms with Gasteiger partial charge in [-0.25, -0.2) is 0 Å². The summed E-state index contributed by atoms with van der Waals surface area (Å²) in [6, 6.07) is 0. The Morgan fingerprint density at radius 1 is 1.23 bits per heavy atom. The smallest absolute Gasteiger partial charge is 0.294 e. The molecule has 0 atom stereocenters. The number of unbranched alkanes of at least 4 members (excludes halogenated alkanes) is 2. The molecule has 0 saturated carbocycles. The SMILES string of the molecule is CCCCC(CCCC)C(=O)O[SiH3]. The molecule has 0 aliphatic carbocycles. The maximum Gasteiger partial charge on any atom is 0.294 e. The lowest BCUT2D eigenvalue weighted by Gasteiger charge is -2.13. The van der Waals surface area contributed by atoms with Crippen LogP contribution in [-0.2, 0) is 9.22 Å². The zero-order valence-corrected chi connectivity index (χ0v) is 11.1. The van der Waals surface area contributed by atoms with Gasteiger partial charge in [0.1, 0.15) is 0 Å². The van der Waals surface area contributed by atoms with Crippen molar-refractivity contribution < 1.29 is 9.22 Å². The van der Waals surface area contributed by atoms with Crippen LogP contribution in [0.2, 0.25) is 0 Å². The number of hydrogen-bond acceptors (Lipinski definition) is 2. The Hall–Kier alpha value is -0.313. The minimum absolute atomic E-state index is 0.0357. The largest absolute Gasteiger partial charge is 0.529 e. The van der Waals surface area contributed by atoms with Gasteiger partial charge in [0.05, 0.1) is 5.92 Å². The molecule has 0 unspecified atom stereocenters. The Kier molecular flexibility index (Phi) is 8.09. The first-order valence-corrected chi connectivity index (χ1v) is 6.15. The molecule has 0 N–H and O–H groups in total. The molecule has 0 aromatic carbocycles. The quantitative estimate of drug-likeness (QED) is 0.589. The summed E-state index contributed by atoms with van der Waals surface area (Å²) < 4.78 is 4.91. The number of carbonyl (C=O) groups is 1. The van der Waals surface area contributed by atoms with Gasteiger partial charge in [0.25, 0.3) is 5.97 Å². The van der Waals surface area contributed by atoms with Gasteiger partial charge in [-0.1, -0.05) is 39.5 Å². The summed E-state index contributed by atoms with van der Waals surface area (Å²) in [4.78, 5) is 11.3. The maximum absolute atomic E-state index is 11.3. The molecule has 2 nitrogen and oxygen atoms in total. The highest BCUT2D eigenvalue weighted by Crippen LogP contribution is 2.17. The highest BCUT2D eigenvalue weighted by molar-refractivity contribution is 6.05. The van der Waals surface area contributed by atoms with Crippen LogP contribution in [0.1, 0.15) is 52.4 Å². The highest BCUT2D eigenvalue weighted by Gasteiger charge is 2.16. The lowest BCUT2D eigenvalue weighted by molar-refractivity contribution is -0.139. The molecule has 0 spiro atoms. The van der Waals surface area contributed by atoms with E-state index in [0.29, 0.717) is 10.5 Å². The van der Waals surface area contributed by atoms with Crippen molar-refractivity contribution in [2.24, 2.45) is 5.92 Å². The van der Waals surface area contributed by atoms with Crippen LogP contribution in [0.4, 0.5) is 0 Å². The van der Waals surface area contributed by atoms with Crippen molar-refractivity contribution in [3.05, 3.63) is 0 Å². The molecule has 13 heavy (non-hydrogen) atoms. The van der Waals surface area contributed by atoms with Crippen molar-refractivity contribution in [3.63, 3.8) is 0 Å². The topological polar surface area (TPSA) is 26.3 Å². The minimum Gasteiger partial charge on any atom is -0.529 e. The fourth-order valence-electron chi connectivity index (χ4n) is 1.45. The Balaban J connectivity index is 3.79. The summed E-state index contributed by atoms with van der Waals surface area (Å²) >= 11 is 0. The zero-order chi connectivity index (χ0) is 10.1. The van der Waals surface area contributed by atoms with Gasteiger partial charge in [-0.15, -0.1) is 0 Å². The highest BCUT2D eigenvalue weighted by atomic mass is 28.2. The van der Waals surface area contributed by atoms with Crippen LogP contribution in [-0.4, -0.2) is 16.5 Å². The molecular weight excluding hydrogens is 180 g/mol. The fraction of sp³-hybridized carbons (Fsp3) is 0.900. The van der Waals surface area contributed by atoms with Gasteiger partial charge in [0.15, 0.2) is 0 Å². The Labute approximate surface area is 84.6 Å². The monoisotopic (exact) mass is 202 g/mol. The molecular formula is C10H22O2Si. The van der Waals surface area contributed by atoms with E-state index >= 15 is 0 Å². The van der Waals surface area contributed by atoms with E-state index < -0.39 is 0 Å². The first kappa shape index (κ1) is 12.7. The van der Waals surface area contributed by atoms with Crippen molar-refractivity contribution in [2.75, 3.05) is 0 Å². The Bertz CT molecular complexity index is 129. The Morgan fingerprint density at radius 2 is 1.69 bits per heavy atom. The zero-order valence-electron chi connectivity index (χ0n) is 9.14. The van der Waals surface area contributed by atoms with E-state index in [-0.39, 0.29) is 11.9 Å². The van der Waals surface area contributed by atoms with Crippen molar-refractivity contribution in [1.29, 1.82) is 0 Å². The molecule has 78 valence electrons. The van der Waals surface area contributed by atoms with Crippen LogP contribution in [0, 0.1) is 5.92 Å². The second kappa shape index (κ2) is 8.29. The average Bonchev–Trinajstić information content (AvgIpc) is 2.17. The molecule has 0 saturated heterocycles. The van der Waals surface area contributed by atoms with Gasteiger partial charge >= 0.3 is 0 Å². The van der Waals surface area contributed by atoms with E-state index in [1.54, 1.807) is 0 Å². The molecule has 0 amide bonds. The van der Waals surface area contributed by atoms with Crippen molar-refractivity contribution in [2.45, 2.75) is 52.4 Å². The van der Waals surface area contributed by atoms with Gasteiger partial charge in [-0.05, 0) is 12.8 Å². The predicted molar refractivity (Wildman–Crippen MR) is 58.6 cm³/mol. The van der Waals surface area contributed by atoms with Gasteiger partial charge in [0, 0.05) is 0 Å². The molecule has 0 aliphatic rings. The van der Waals surface area contributed by atoms with E-state index in [1.807, 2.05) is 0 Å². The molecule has 0 aliphatic heterocycles. The normalized spacial score (nSPS) is 10.7. The second-order valence-electron chi connectivity index (χ2n) is 3.50. The van der Waals surface area contributed by atoms with Crippen molar-refractivity contribution in [3.8, 4) is 0 Å². The van der Waals surface area contributed by atoms with Gasteiger partial charge < -0.3 is 4.43 Å². The maximum atomic E-state index is 11.3. The van der Waals surface area contributed by atoms with E-state index in [9.17, 15) is 4.79 Å². The van der Waals surface area contributed by atoms with E-state index in [2.05, 4.69) is 13.8 Å². The first-order valence-electron chi connectivity index (χ1n) is 5.34. The lowest BCUT2D eigenvalue weighted by atomic mass is 9.96. The van der Waals surface area contributed by atoms with Gasteiger partial charge in [-0.3, -0.25) is 4.79 Å². The number of carbonyl (C=O) groups excluding carboxylic acids is 1. The summed E-state index contributed by atoms with van der Waals surface area (Å²) in [6.45, 7) is 4.31. The van der Waals surface area contributed by atoms with Crippen LogP contribution in [0.25, 0.3) is 0 Å². The lowest BCUT2D eigenvalue weighted by Crippen LogP contribution is -2.16. The first-order chi connectivity index (χ1) is 6.26. The van der Waals surface area contributed by atoms with Gasteiger partial charge in [-0.2, -0.15) is 0 Å². The van der Waals surface area contributed by atoms with Crippen LogP contribution < -0.4 is 0 Å². The molecule has 0 heterocycles. The Morgan fingerprint density at radius 3 is 2.00 bits per heavy atom. The summed E-state index contributed by atoms with van der Waals surface area (Å²) in [5, 5.41) is 0. The molecule has 0 rings (SSSR count). The summed E-state index contributed by atoms with van der Waals surface area (Å²) in [7, 11) is 0.538. The molecule has 0 aromatic rings. The molecule has 0 bridgehead atoms. The number of rotatable bonds is 7. The third-order valence-corrected chi connectivity index (χ3v) is 2.75. The molecule has 0 aromatic heterocycles. The third-order valence-electron chi connectivity index (χ3n) is 2.35. The van der Waals surface area contributed by atoms with Crippen molar-refractivity contribution in [1.82, 2.24) is 0 Å². The standard InChI is InChI=1S/C10H22O2Si/c1-3-5-7-9(8-6-4-2)10(11)12-13/h9H,3-8H2,1-2,13H3. The third kappa shape index (κ3) is 5.85. The summed E-state index contributed by atoms with van der Waals surface area (Å²) in [6.07, 6.45) is 6.64. The van der Waals surface area contributed by atoms with Crippen LogP contribution in [0.15, 0.2) is 0 Å². The van der Waals surface area contributed by atoms with E-state index in [1.165, 1.54) is 0 Å². The predicted octanol–water partition coefficient (Wildman–Crippen LogP) is 1.81. The van der Waals surface area contributed by atoms with Crippen LogP contribution in [0.3, 0.4) is 0 Å². The fourth-order valence-corrected chi connectivity index (χ4v) is 1.78. The molecule has 0 fully saturated rings. The summed E-state index contributed by atoms with van der Waals surface area (Å²) in [5.41, 5.74) is 0. The average molecular weight is 202 g/mol. The second-order valence-corrected chi connectivity index (χ2v) is 3.91. The number of hydrogen-bond donors (Lipinski definition) is 0. The van der Waals surface area contributed by atoms with Crippen LogP contribution in [0.5, 0.6) is 0 Å². The van der Waals surface area contributed by atoms with Gasteiger partial charge in [0.2, 0.25) is 10.5 Å². The van der Waals surface area contributed by atoms with E-state index in [0.717, 1.165) is 38.5 Å². The molecule has 3 heteroatoms.